The van der Waals surface area contributed by atoms with Crippen molar-refractivity contribution in [3.63, 3.8) is 0 Å². The zero-order valence-corrected chi connectivity index (χ0v) is 36.2. The molecule has 5 aromatic carbocycles. The van der Waals surface area contributed by atoms with Crippen molar-refractivity contribution < 1.29 is 43.5 Å². The summed E-state index contributed by atoms with van der Waals surface area (Å²) in [6.07, 6.45) is -0.274. The summed E-state index contributed by atoms with van der Waals surface area (Å²) in [7, 11) is 2.99. The van der Waals surface area contributed by atoms with Gasteiger partial charge in [0.05, 0.1) is 48.8 Å². The Morgan fingerprint density at radius 2 is 1.17 bits per heavy atom. The summed E-state index contributed by atoms with van der Waals surface area (Å²) >= 11 is 4.58. The van der Waals surface area contributed by atoms with Gasteiger partial charge >= 0.3 is 0 Å². The smallest absolute Gasteiger partial charge is 0.260 e. The van der Waals surface area contributed by atoms with Gasteiger partial charge in [-0.3, -0.25) is 14.4 Å². The summed E-state index contributed by atoms with van der Waals surface area (Å²) in [4.78, 5) is 44.5. The zero-order valence-electron chi connectivity index (χ0n) is 35.3. The van der Waals surface area contributed by atoms with E-state index in [0.717, 1.165) is 22.5 Å². The van der Waals surface area contributed by atoms with Crippen LogP contribution in [0.2, 0.25) is 0 Å². The highest BCUT2D eigenvalue weighted by molar-refractivity contribution is 7.81. The molecular formula is C48H49N5O9S. The van der Waals surface area contributed by atoms with Crippen LogP contribution < -0.4 is 44.7 Å². The zero-order chi connectivity index (χ0) is 44.2. The van der Waals surface area contributed by atoms with Gasteiger partial charge in [0.15, 0.2) is 23.0 Å². The van der Waals surface area contributed by atoms with Gasteiger partial charge in [-0.25, -0.2) is 0 Å². The number of carbonyl (C=O) groups excluding carboxylic acids is 3. The molecule has 0 bridgehead atoms. The number of nitrogens with one attached hydrogen (secondary N) is 3. The van der Waals surface area contributed by atoms with Crippen LogP contribution in [-0.4, -0.2) is 71.4 Å². The van der Waals surface area contributed by atoms with Gasteiger partial charge in [0.1, 0.15) is 25.7 Å². The number of rotatable bonds is 12. The Bertz CT molecular complexity index is 2470. The van der Waals surface area contributed by atoms with E-state index in [1.807, 2.05) is 80.6 Å². The molecule has 4 aliphatic rings. The minimum absolute atomic E-state index is 0.0288. The Morgan fingerprint density at radius 3 is 1.62 bits per heavy atom. The Labute approximate surface area is 370 Å². The van der Waals surface area contributed by atoms with E-state index in [1.165, 1.54) is 14.2 Å². The standard InChI is InChI=1S/C48H49N5O9S/c1-48(2,63)14-13-43(54)49-30-16-26(24-61-41-22-33-31(20-39(41)59-3)46(57)52-35-11-7-5-9-28(35)18-37(52)44(55)50-33)15-27(17-30)25-62-42-23-34-32(21-40(42)60-4)47(58)53-36-12-8-6-10-29(36)19-38(53)45(56)51-34/h5-12,15-17,20-23,37-38,44-45,50-51,55-56,63H,13-14,18-19,24-25H2,1-4H3,(H,49,54)/t37-,38?,44?,45+/m0/s1. The predicted octanol–water partition coefficient (Wildman–Crippen LogP) is 6.92. The number of para-hydroxylation sites is 2. The molecule has 4 atom stereocenters. The normalized spacial score (nSPS) is 19.5. The molecule has 14 nitrogen and oxygen atoms in total. The molecule has 0 radical (unpaired) electrons. The van der Waals surface area contributed by atoms with Gasteiger partial charge in [-0.1, -0.05) is 50.2 Å². The first-order chi connectivity index (χ1) is 30.3. The van der Waals surface area contributed by atoms with Crippen LogP contribution in [0.5, 0.6) is 23.0 Å². The van der Waals surface area contributed by atoms with E-state index < -0.39 is 24.5 Å². The third-order valence-electron chi connectivity index (χ3n) is 12.0. The van der Waals surface area contributed by atoms with Crippen molar-refractivity contribution in [2.45, 2.75) is 82.0 Å². The van der Waals surface area contributed by atoms with Gasteiger partial charge in [0.2, 0.25) is 5.91 Å². The molecule has 326 valence electrons. The molecule has 2 unspecified atom stereocenters. The van der Waals surface area contributed by atoms with Crippen molar-refractivity contribution >= 4 is 58.8 Å². The average Bonchev–Trinajstić information content (AvgIpc) is 3.81. The number of aliphatic hydroxyl groups excluding tert-OH is 2. The molecule has 0 fully saturated rings. The summed E-state index contributed by atoms with van der Waals surface area (Å²) in [5.74, 6) is 0.595. The van der Waals surface area contributed by atoms with Gasteiger partial charge in [-0.15, -0.1) is 0 Å². The first kappa shape index (κ1) is 41.9. The van der Waals surface area contributed by atoms with E-state index in [2.05, 4.69) is 28.6 Å². The minimum atomic E-state index is -1.05. The number of hydrogen-bond acceptors (Lipinski definition) is 12. The summed E-state index contributed by atoms with van der Waals surface area (Å²) < 4.78 is 23.9. The maximum Gasteiger partial charge on any atom is 0.260 e. The van der Waals surface area contributed by atoms with Crippen molar-refractivity contribution in [1.29, 1.82) is 0 Å². The number of thiol groups is 1. The summed E-state index contributed by atoms with van der Waals surface area (Å²) in [6, 6.07) is 26.3. The van der Waals surface area contributed by atoms with E-state index in [4.69, 9.17) is 18.9 Å². The number of benzene rings is 5. The number of carbonyl (C=O) groups is 3. The number of amides is 3. The van der Waals surface area contributed by atoms with Gasteiger partial charge in [0.25, 0.3) is 11.8 Å². The first-order valence-electron chi connectivity index (χ1n) is 20.9. The number of methoxy groups -OCH3 is 2. The van der Waals surface area contributed by atoms with Gasteiger partial charge < -0.3 is 54.9 Å². The Hall–Kier alpha value is -6.42. The molecule has 15 heteroatoms. The highest BCUT2D eigenvalue weighted by atomic mass is 32.1. The van der Waals surface area contributed by atoms with Gasteiger partial charge in [-0.05, 0) is 84.0 Å². The second-order valence-corrected chi connectivity index (χ2v) is 18.1. The second-order valence-electron chi connectivity index (χ2n) is 16.9. The molecule has 0 saturated heterocycles. The maximum absolute atomic E-state index is 14.0. The molecule has 5 N–H and O–H groups in total. The van der Waals surface area contributed by atoms with Crippen LogP contribution in [-0.2, 0) is 30.8 Å². The molecule has 4 heterocycles. The summed E-state index contributed by atoms with van der Waals surface area (Å²) in [6.45, 7) is 3.96. The van der Waals surface area contributed by atoms with Crippen LogP contribution in [0.15, 0.2) is 91.0 Å². The third-order valence-corrected chi connectivity index (χ3v) is 12.2. The van der Waals surface area contributed by atoms with Gasteiger partial charge in [-0.2, -0.15) is 12.6 Å². The lowest BCUT2D eigenvalue weighted by molar-refractivity contribution is -0.116. The molecule has 0 saturated carbocycles. The molecule has 0 aromatic heterocycles. The largest absolute Gasteiger partial charge is 0.493 e. The van der Waals surface area contributed by atoms with Crippen molar-refractivity contribution in [2.24, 2.45) is 0 Å². The predicted molar refractivity (Wildman–Crippen MR) is 243 cm³/mol. The van der Waals surface area contributed by atoms with Crippen LogP contribution in [0.4, 0.5) is 28.4 Å². The Balaban J connectivity index is 0.980. The molecule has 0 aliphatic carbocycles. The third kappa shape index (κ3) is 8.19. The van der Waals surface area contributed by atoms with Crippen LogP contribution in [0, 0.1) is 0 Å². The minimum Gasteiger partial charge on any atom is -0.493 e. The van der Waals surface area contributed by atoms with Crippen LogP contribution >= 0.6 is 12.6 Å². The highest BCUT2D eigenvalue weighted by Crippen LogP contribution is 2.44. The topological polar surface area (TPSA) is 171 Å². The van der Waals surface area contributed by atoms with E-state index in [-0.39, 0.29) is 42.1 Å². The molecule has 4 aliphatic heterocycles. The van der Waals surface area contributed by atoms with Crippen LogP contribution in [0.1, 0.15) is 69.7 Å². The van der Waals surface area contributed by atoms with Crippen molar-refractivity contribution in [3.8, 4) is 23.0 Å². The lowest BCUT2D eigenvalue weighted by Crippen LogP contribution is -2.45. The fourth-order valence-corrected chi connectivity index (χ4v) is 8.96. The highest BCUT2D eigenvalue weighted by Gasteiger charge is 2.43. The number of nitrogens with zero attached hydrogens (tertiary/aromatic N) is 2. The lowest BCUT2D eigenvalue weighted by atomic mass is 10.1. The molecule has 0 spiro atoms. The number of anilines is 5. The lowest BCUT2D eigenvalue weighted by Gasteiger charge is -2.26. The monoisotopic (exact) mass is 871 g/mol. The van der Waals surface area contributed by atoms with Crippen molar-refractivity contribution in [1.82, 2.24) is 0 Å². The molecule has 63 heavy (non-hydrogen) atoms. The van der Waals surface area contributed by atoms with Crippen LogP contribution in [0.25, 0.3) is 0 Å². The molecular weight excluding hydrogens is 823 g/mol. The van der Waals surface area contributed by atoms with Gasteiger partial charge in [0, 0.05) is 40.4 Å². The number of fused-ring (bicyclic) bond motifs is 8. The number of ether oxygens (including phenoxy) is 4. The van der Waals surface area contributed by atoms with E-state index in [1.54, 1.807) is 34.1 Å². The van der Waals surface area contributed by atoms with Crippen molar-refractivity contribution in [2.75, 3.05) is 40.0 Å². The molecule has 3 amide bonds. The van der Waals surface area contributed by atoms with Crippen LogP contribution in [0.3, 0.4) is 0 Å². The maximum atomic E-state index is 14.0. The quantitative estimate of drug-likeness (QED) is 0.0720. The fourth-order valence-electron chi connectivity index (χ4n) is 8.85. The van der Waals surface area contributed by atoms with E-state index in [9.17, 15) is 24.6 Å². The fraction of sp³-hybridized carbons (Fsp3) is 0.312. The Morgan fingerprint density at radius 1 is 0.714 bits per heavy atom. The van der Waals surface area contributed by atoms with E-state index >= 15 is 0 Å². The summed E-state index contributed by atoms with van der Waals surface area (Å²) in [5, 5.41) is 31.9. The number of aliphatic hydroxyl groups is 2. The Kier molecular flexibility index (Phi) is 11.1. The van der Waals surface area contributed by atoms with E-state index in [0.29, 0.717) is 81.6 Å². The number of hydrogen-bond donors (Lipinski definition) is 6. The SMILES string of the molecule is COc1cc2c(cc1OCc1cc(COc3cc4c(cc3OC)C(=O)N3c5ccccc5C[C@H]3C(O)N4)cc(NC(=O)CCC(C)(C)S)c1)N[C@H](O)C1Cc3ccccc3N1C2=O. The molecule has 5 aromatic rings. The summed E-state index contributed by atoms with van der Waals surface area (Å²) in [5.41, 5.74) is 6.86. The first-order valence-corrected chi connectivity index (χ1v) is 21.3. The second kappa shape index (κ2) is 16.7. The van der Waals surface area contributed by atoms with Crippen molar-refractivity contribution in [3.05, 3.63) is 124 Å². The molecule has 9 rings (SSSR count). The average molecular weight is 872 g/mol.